The largest absolute Gasteiger partial charge is 0.346 e. The van der Waals surface area contributed by atoms with Crippen LogP contribution in [-0.2, 0) is 43.9 Å². The first-order valence-electron chi connectivity index (χ1n) is 13.3. The minimum atomic E-state index is -4.57. The second-order valence-electron chi connectivity index (χ2n) is 10.6. The lowest BCUT2D eigenvalue weighted by molar-refractivity contribution is -0.0564. The van der Waals surface area contributed by atoms with E-state index < -0.39 is 76.6 Å². The Labute approximate surface area is 285 Å². The highest BCUT2D eigenvalue weighted by molar-refractivity contribution is 8.07. The van der Waals surface area contributed by atoms with Crippen LogP contribution in [0.2, 0.25) is 20.1 Å². The first-order chi connectivity index (χ1) is 21.7. The first-order valence-corrected chi connectivity index (χ1v) is 19.0. The van der Waals surface area contributed by atoms with Gasteiger partial charge >= 0.3 is 6.72 Å². The van der Waals surface area contributed by atoms with Gasteiger partial charge in [-0.1, -0.05) is 46.4 Å². The van der Waals surface area contributed by atoms with Gasteiger partial charge in [0.25, 0.3) is 7.47 Å². The van der Waals surface area contributed by atoms with Crippen LogP contribution in [0.15, 0.2) is 36.9 Å². The van der Waals surface area contributed by atoms with Crippen molar-refractivity contribution in [2.45, 2.75) is 49.2 Å². The smallest absolute Gasteiger partial charge is 0.325 e. The van der Waals surface area contributed by atoms with Gasteiger partial charge in [-0.25, -0.2) is 18.7 Å². The monoisotopic (exact) mass is 774 g/mol. The van der Waals surface area contributed by atoms with Crippen molar-refractivity contribution >= 4 is 102 Å². The predicted octanol–water partition coefficient (Wildman–Crippen LogP) is 6.48. The molecule has 244 valence electrons. The number of nitrogens with zero attached hydrogens (tertiary/aromatic N) is 4. The molecular formula is C24H19BCl4F2N4O8P2S. The third kappa shape index (κ3) is 6.18. The molecule has 46 heavy (non-hydrogen) atoms. The third-order valence-corrected chi connectivity index (χ3v) is 11.7. The molecule has 10 atom stereocenters. The Morgan fingerprint density at radius 1 is 0.804 bits per heavy atom. The molecule has 1 N–H and O–H groups in total. The molecule has 2 aromatic heterocycles. The summed E-state index contributed by atoms with van der Waals surface area (Å²) < 4.78 is 81.8. The molecule has 0 spiro atoms. The van der Waals surface area contributed by atoms with E-state index >= 15 is 8.78 Å². The zero-order valence-corrected chi connectivity index (χ0v) is 28.4. The van der Waals surface area contributed by atoms with E-state index in [1.54, 1.807) is 0 Å². The number of hydrogen-bond acceptors (Lipinski definition) is 10. The minimum Gasteiger partial charge on any atom is -0.346 e. The molecule has 0 aliphatic carbocycles. The van der Waals surface area contributed by atoms with Crippen LogP contribution in [0.25, 0.3) is 22.1 Å². The number of rotatable bonds is 2. The lowest BCUT2D eigenvalue weighted by Gasteiger charge is -2.29. The van der Waals surface area contributed by atoms with Gasteiger partial charge in [0.1, 0.15) is 24.4 Å². The van der Waals surface area contributed by atoms with E-state index in [0.717, 1.165) is 0 Å². The van der Waals surface area contributed by atoms with Crippen molar-refractivity contribution in [3.63, 3.8) is 0 Å². The van der Waals surface area contributed by atoms with Crippen molar-refractivity contribution in [3.8, 4) is 0 Å². The van der Waals surface area contributed by atoms with E-state index in [4.69, 9.17) is 93.3 Å². The van der Waals surface area contributed by atoms with Crippen LogP contribution in [0, 0.1) is 0 Å². The molecule has 3 aliphatic rings. The van der Waals surface area contributed by atoms with Crippen LogP contribution in [0.4, 0.5) is 8.78 Å². The fourth-order valence-corrected chi connectivity index (χ4v) is 8.61. The van der Waals surface area contributed by atoms with Gasteiger partial charge in [-0.15, -0.1) is 0 Å². The second-order valence-corrected chi connectivity index (χ2v) is 16.5. The number of halogens is 6. The molecule has 2 radical (unpaired) electrons. The molecule has 5 heterocycles. The number of hydrogen-bond donors (Lipinski definition) is 1. The number of aromatic nitrogens is 4. The Morgan fingerprint density at radius 3 is 1.74 bits per heavy atom. The van der Waals surface area contributed by atoms with E-state index in [2.05, 4.69) is 9.97 Å². The number of imidazole rings is 2. The number of benzene rings is 2. The maximum absolute atomic E-state index is 16.1. The highest BCUT2D eigenvalue weighted by atomic mass is 35.5. The molecule has 12 nitrogen and oxygen atoms in total. The van der Waals surface area contributed by atoms with Crippen LogP contribution in [0.5, 0.6) is 0 Å². The molecule has 3 saturated heterocycles. The summed E-state index contributed by atoms with van der Waals surface area (Å²) in [6, 6.07) is 5.93. The van der Waals surface area contributed by atoms with Gasteiger partial charge in [-0.3, -0.25) is 9.09 Å². The summed E-state index contributed by atoms with van der Waals surface area (Å²) in [5.41, 5.74) is 1.52. The predicted molar refractivity (Wildman–Crippen MR) is 169 cm³/mol. The number of alkyl halides is 2. The molecular weight excluding hydrogens is 757 g/mol. The molecule has 0 saturated carbocycles. The van der Waals surface area contributed by atoms with Crippen LogP contribution in [-0.4, -0.2) is 81.5 Å². The SMILES string of the molecule is [B]P1(=O)OC[C@H]2O[C@@H](n3cnc4cc(Cl)c(Cl)cc43)C(F)C2OP(O)(=S)OC[C@H]2O[C@@H](n3cnc4cc(Cl)c(Cl)cc43)C(F)C2O1. The van der Waals surface area contributed by atoms with Crippen LogP contribution < -0.4 is 0 Å². The van der Waals surface area contributed by atoms with E-state index in [1.165, 1.54) is 46.1 Å². The van der Waals surface area contributed by atoms with Gasteiger partial charge in [-0.05, 0) is 36.1 Å². The van der Waals surface area contributed by atoms with Crippen LogP contribution in [0.1, 0.15) is 12.5 Å². The average molecular weight is 776 g/mol. The van der Waals surface area contributed by atoms with Crippen molar-refractivity contribution in [2.75, 3.05) is 13.2 Å². The Morgan fingerprint density at radius 2 is 1.24 bits per heavy atom. The zero-order chi connectivity index (χ0) is 32.7. The standard InChI is InChI=1S/C24H19BCl4F2N4O8P2S/c25-44(36)38-5-17-22(20(31)24(40-17)35-8-33-14-2-10(27)12(29)4-16(14)35)43-45(37,46)39-6-18-21(42-44)19(30)23(41-18)34-7-32-13-1-9(26)11(28)3-15(13)34/h1-4,7-8,17-24H,5-6H2,(H,37,46)/t17-,18-,19?,20?,21?,22?,23-,24-,44?,45?/m1/s1. The Balaban J connectivity index is 1.16. The molecule has 22 heteroatoms. The molecule has 2 aromatic carbocycles. The van der Waals surface area contributed by atoms with Crippen molar-refractivity contribution in [1.29, 1.82) is 0 Å². The second kappa shape index (κ2) is 12.4. The molecule has 3 fully saturated rings. The van der Waals surface area contributed by atoms with Crippen LogP contribution in [0.3, 0.4) is 0 Å². The summed E-state index contributed by atoms with van der Waals surface area (Å²) >= 11 is 29.7. The summed E-state index contributed by atoms with van der Waals surface area (Å²) in [6.07, 6.45) is -10.2. The zero-order valence-electron chi connectivity index (χ0n) is 22.7. The molecule has 4 aromatic rings. The average Bonchev–Trinajstić information content (AvgIpc) is 3.72. The third-order valence-electron chi connectivity index (χ3n) is 7.66. The van der Waals surface area contributed by atoms with Gasteiger partial charge in [0, 0.05) is 0 Å². The fraction of sp³-hybridized carbons (Fsp3) is 0.417. The molecule has 6 unspecified atom stereocenters. The van der Waals surface area contributed by atoms with Gasteiger partial charge in [-0.2, -0.15) is 0 Å². The van der Waals surface area contributed by atoms with Crippen LogP contribution >= 0.6 is 60.6 Å². The lowest BCUT2D eigenvalue weighted by atomic mass is 10.1. The topological polar surface area (TPSA) is 128 Å². The van der Waals surface area contributed by atoms with Crippen molar-refractivity contribution in [1.82, 2.24) is 19.1 Å². The van der Waals surface area contributed by atoms with Gasteiger partial charge in [0.15, 0.2) is 24.8 Å². The first kappa shape index (κ1) is 33.6. The van der Waals surface area contributed by atoms with Gasteiger partial charge in [0.05, 0.1) is 68.0 Å². The molecule has 7 rings (SSSR count). The minimum absolute atomic E-state index is 0.184. The van der Waals surface area contributed by atoms with E-state index in [0.29, 0.717) is 22.1 Å². The number of fused-ring (bicyclic) bond motifs is 4. The van der Waals surface area contributed by atoms with Crippen molar-refractivity contribution < 1.29 is 45.8 Å². The summed E-state index contributed by atoms with van der Waals surface area (Å²) in [7, 11) is 1.30. The maximum atomic E-state index is 16.1. The summed E-state index contributed by atoms with van der Waals surface area (Å²) in [5.74, 6) is 0. The van der Waals surface area contributed by atoms with E-state index in [9.17, 15) is 9.46 Å². The molecule has 3 aliphatic heterocycles. The van der Waals surface area contributed by atoms with Gasteiger partial charge in [0.2, 0.25) is 7.57 Å². The summed E-state index contributed by atoms with van der Waals surface area (Å²) in [6.45, 7) is -5.56. The van der Waals surface area contributed by atoms with Gasteiger partial charge < -0.3 is 37.1 Å². The molecule has 0 bridgehead atoms. The van der Waals surface area contributed by atoms with E-state index in [-0.39, 0.29) is 20.1 Å². The maximum Gasteiger partial charge on any atom is 0.325 e. The van der Waals surface area contributed by atoms with Crippen molar-refractivity contribution in [3.05, 3.63) is 57.0 Å². The van der Waals surface area contributed by atoms with E-state index in [1.807, 2.05) is 0 Å². The highest BCUT2D eigenvalue weighted by Gasteiger charge is 2.53. The Kier molecular flexibility index (Phi) is 9.07. The number of ether oxygens (including phenoxy) is 2. The Bertz CT molecular complexity index is 1810. The molecule has 0 amide bonds. The summed E-state index contributed by atoms with van der Waals surface area (Å²) in [5, 5.41) is 0.844. The quantitative estimate of drug-likeness (QED) is 0.178. The summed E-state index contributed by atoms with van der Waals surface area (Å²) in [4.78, 5) is 19.4. The van der Waals surface area contributed by atoms with Crippen molar-refractivity contribution in [2.24, 2.45) is 0 Å². The highest BCUT2D eigenvalue weighted by Crippen LogP contribution is 2.54. The normalized spacial score (nSPS) is 37.2. The Hall–Kier alpha value is -0.935. The fourth-order valence-electron chi connectivity index (χ4n) is 5.54. The lowest BCUT2D eigenvalue weighted by Crippen LogP contribution is -2.37.